The normalized spacial score (nSPS) is 20.0. The number of amides is 1. The van der Waals surface area contributed by atoms with E-state index < -0.39 is 0 Å². The Hall–Kier alpha value is -0.580. The molecule has 1 fully saturated rings. The molecule has 1 aliphatic rings. The molecule has 0 spiro atoms. The first-order valence-electron chi connectivity index (χ1n) is 5.63. The average Bonchev–Trinajstić information content (AvgIpc) is 2.33. The first-order valence-corrected chi connectivity index (χ1v) is 6.80. The summed E-state index contributed by atoms with van der Waals surface area (Å²) in [6, 6.07) is 5.43. The van der Waals surface area contributed by atoms with Gasteiger partial charge in [-0.1, -0.05) is 11.6 Å². The van der Waals surface area contributed by atoms with Crippen molar-refractivity contribution in [2.45, 2.75) is 18.9 Å². The Bertz CT molecular complexity index is 419. The molecule has 17 heavy (non-hydrogen) atoms. The van der Waals surface area contributed by atoms with Crippen molar-refractivity contribution >= 4 is 33.4 Å². The van der Waals surface area contributed by atoms with E-state index in [1.165, 1.54) is 0 Å². The highest BCUT2D eigenvalue weighted by atomic mass is 79.9. The summed E-state index contributed by atoms with van der Waals surface area (Å²) in [5, 5.41) is 6.85. The van der Waals surface area contributed by atoms with Crippen LogP contribution in [0.2, 0.25) is 5.02 Å². The van der Waals surface area contributed by atoms with E-state index in [2.05, 4.69) is 26.6 Å². The van der Waals surface area contributed by atoms with Gasteiger partial charge in [0.05, 0.1) is 5.56 Å². The maximum absolute atomic E-state index is 12.1. The topological polar surface area (TPSA) is 41.1 Å². The minimum Gasteiger partial charge on any atom is -0.348 e. The van der Waals surface area contributed by atoms with Crippen LogP contribution < -0.4 is 10.6 Å². The molecule has 1 atom stereocenters. The van der Waals surface area contributed by atoms with Crippen LogP contribution >= 0.6 is 27.5 Å². The molecule has 0 bridgehead atoms. The number of benzene rings is 1. The van der Waals surface area contributed by atoms with Crippen molar-refractivity contribution in [2.75, 3.05) is 13.1 Å². The third-order valence-electron chi connectivity index (χ3n) is 2.81. The highest BCUT2D eigenvalue weighted by Gasteiger charge is 2.17. The van der Waals surface area contributed by atoms with Crippen LogP contribution in [0, 0.1) is 0 Å². The molecule has 92 valence electrons. The second-order valence-corrected chi connectivity index (χ2v) is 5.43. The summed E-state index contributed by atoms with van der Waals surface area (Å²) in [6.45, 7) is 1.87. The zero-order valence-electron chi connectivity index (χ0n) is 9.30. The van der Waals surface area contributed by atoms with Crippen LogP contribution in [0.25, 0.3) is 0 Å². The monoisotopic (exact) mass is 316 g/mol. The fourth-order valence-electron chi connectivity index (χ4n) is 1.91. The Kier molecular flexibility index (Phi) is 4.42. The zero-order valence-corrected chi connectivity index (χ0v) is 11.6. The van der Waals surface area contributed by atoms with Gasteiger partial charge in [-0.3, -0.25) is 4.79 Å². The summed E-state index contributed by atoms with van der Waals surface area (Å²) in [5.41, 5.74) is 0.586. The fourth-order valence-corrected chi connectivity index (χ4v) is 2.51. The number of piperidine rings is 1. The lowest BCUT2D eigenvalue weighted by molar-refractivity contribution is 0.0930. The predicted molar refractivity (Wildman–Crippen MR) is 72.5 cm³/mol. The van der Waals surface area contributed by atoms with Gasteiger partial charge >= 0.3 is 0 Å². The van der Waals surface area contributed by atoms with Crippen LogP contribution in [-0.4, -0.2) is 25.0 Å². The Morgan fingerprint density at radius 1 is 1.53 bits per heavy atom. The molecule has 0 saturated carbocycles. The molecule has 1 aromatic rings. The van der Waals surface area contributed by atoms with Crippen molar-refractivity contribution in [1.29, 1.82) is 0 Å². The number of halogens is 2. The van der Waals surface area contributed by atoms with Gasteiger partial charge in [0, 0.05) is 22.1 Å². The van der Waals surface area contributed by atoms with E-state index in [9.17, 15) is 4.79 Å². The van der Waals surface area contributed by atoms with Gasteiger partial charge in [0.1, 0.15) is 0 Å². The number of hydrogen-bond donors (Lipinski definition) is 2. The lowest BCUT2D eigenvalue weighted by Crippen LogP contribution is -2.45. The lowest BCUT2D eigenvalue weighted by Gasteiger charge is -2.24. The first-order chi connectivity index (χ1) is 8.16. The minimum atomic E-state index is -0.0759. The van der Waals surface area contributed by atoms with Gasteiger partial charge in [0.15, 0.2) is 0 Å². The molecule has 2 rings (SSSR count). The van der Waals surface area contributed by atoms with E-state index in [0.717, 1.165) is 30.4 Å². The SMILES string of the molecule is O=C(N[C@@H]1CCCNC1)c1cc(Cl)ccc1Br. The van der Waals surface area contributed by atoms with Crippen molar-refractivity contribution in [3.8, 4) is 0 Å². The highest BCUT2D eigenvalue weighted by molar-refractivity contribution is 9.10. The van der Waals surface area contributed by atoms with Gasteiger partial charge in [0.2, 0.25) is 0 Å². The van der Waals surface area contributed by atoms with E-state index in [-0.39, 0.29) is 11.9 Å². The fraction of sp³-hybridized carbons (Fsp3) is 0.417. The summed E-state index contributed by atoms with van der Waals surface area (Å²) < 4.78 is 0.767. The van der Waals surface area contributed by atoms with Gasteiger partial charge in [-0.05, 0) is 53.5 Å². The van der Waals surface area contributed by atoms with Crippen molar-refractivity contribution < 1.29 is 4.79 Å². The van der Waals surface area contributed by atoms with Gasteiger partial charge in [-0.2, -0.15) is 0 Å². The van der Waals surface area contributed by atoms with E-state index in [1.54, 1.807) is 18.2 Å². The summed E-state index contributed by atoms with van der Waals surface area (Å²) in [5.74, 6) is -0.0759. The smallest absolute Gasteiger partial charge is 0.252 e. The zero-order chi connectivity index (χ0) is 12.3. The molecule has 3 nitrogen and oxygen atoms in total. The van der Waals surface area contributed by atoms with Crippen molar-refractivity contribution in [3.63, 3.8) is 0 Å². The van der Waals surface area contributed by atoms with E-state index in [1.807, 2.05) is 0 Å². The molecule has 1 amide bonds. The van der Waals surface area contributed by atoms with E-state index in [4.69, 9.17) is 11.6 Å². The quantitative estimate of drug-likeness (QED) is 0.880. The molecular weight excluding hydrogens is 304 g/mol. The lowest BCUT2D eigenvalue weighted by atomic mass is 10.1. The van der Waals surface area contributed by atoms with Crippen LogP contribution in [0.1, 0.15) is 23.2 Å². The summed E-state index contributed by atoms with van der Waals surface area (Å²) in [4.78, 5) is 12.1. The summed E-state index contributed by atoms with van der Waals surface area (Å²) in [7, 11) is 0. The molecule has 1 aromatic carbocycles. The Balaban J connectivity index is 2.05. The van der Waals surface area contributed by atoms with Gasteiger partial charge < -0.3 is 10.6 Å². The van der Waals surface area contributed by atoms with Crippen LogP contribution in [0.4, 0.5) is 0 Å². The minimum absolute atomic E-state index is 0.0759. The largest absolute Gasteiger partial charge is 0.348 e. The van der Waals surface area contributed by atoms with Crippen molar-refractivity contribution in [2.24, 2.45) is 0 Å². The first kappa shape index (κ1) is 12.9. The van der Waals surface area contributed by atoms with Crippen LogP contribution in [-0.2, 0) is 0 Å². The Labute approximate surface area is 114 Å². The average molecular weight is 318 g/mol. The van der Waals surface area contributed by atoms with E-state index >= 15 is 0 Å². The molecule has 1 heterocycles. The number of carbonyl (C=O) groups is 1. The van der Waals surface area contributed by atoms with Crippen LogP contribution in [0.15, 0.2) is 22.7 Å². The maximum atomic E-state index is 12.1. The molecule has 1 aliphatic heterocycles. The Morgan fingerprint density at radius 2 is 2.35 bits per heavy atom. The van der Waals surface area contributed by atoms with Crippen LogP contribution in [0.3, 0.4) is 0 Å². The third kappa shape index (κ3) is 3.44. The second-order valence-electron chi connectivity index (χ2n) is 4.14. The van der Waals surface area contributed by atoms with Crippen molar-refractivity contribution in [3.05, 3.63) is 33.3 Å². The molecule has 0 unspecified atom stereocenters. The Morgan fingerprint density at radius 3 is 3.06 bits per heavy atom. The molecule has 0 aliphatic carbocycles. The third-order valence-corrected chi connectivity index (χ3v) is 3.73. The number of hydrogen-bond acceptors (Lipinski definition) is 2. The van der Waals surface area contributed by atoms with Gasteiger partial charge in [-0.25, -0.2) is 0 Å². The number of rotatable bonds is 2. The molecule has 1 saturated heterocycles. The molecule has 5 heteroatoms. The summed E-state index contributed by atoms with van der Waals surface area (Å²) >= 11 is 9.25. The van der Waals surface area contributed by atoms with Gasteiger partial charge in [0.25, 0.3) is 5.91 Å². The molecule has 0 aromatic heterocycles. The highest BCUT2D eigenvalue weighted by Crippen LogP contribution is 2.21. The molecule has 2 N–H and O–H groups in total. The number of carbonyl (C=O) groups excluding carboxylic acids is 1. The second kappa shape index (κ2) is 5.85. The predicted octanol–water partition coefficient (Wildman–Crippen LogP) is 2.58. The van der Waals surface area contributed by atoms with Crippen molar-refractivity contribution in [1.82, 2.24) is 10.6 Å². The molecule has 0 radical (unpaired) electrons. The summed E-state index contributed by atoms with van der Waals surface area (Å²) in [6.07, 6.45) is 2.12. The standard InChI is InChI=1S/C12H14BrClN2O/c13-11-4-3-8(14)6-10(11)12(17)16-9-2-1-5-15-7-9/h3-4,6,9,15H,1-2,5,7H2,(H,16,17)/t9-/m1/s1. The van der Waals surface area contributed by atoms with E-state index in [0.29, 0.717) is 10.6 Å². The molecular formula is C12H14BrClN2O. The number of nitrogens with one attached hydrogen (secondary N) is 2. The maximum Gasteiger partial charge on any atom is 0.252 e. The van der Waals surface area contributed by atoms with Gasteiger partial charge in [-0.15, -0.1) is 0 Å². The van der Waals surface area contributed by atoms with Crippen LogP contribution in [0.5, 0.6) is 0 Å².